The molecule has 0 radical (unpaired) electrons. The van der Waals surface area contributed by atoms with Gasteiger partial charge in [-0.2, -0.15) is 0 Å². The van der Waals surface area contributed by atoms with E-state index < -0.39 is 5.72 Å². The molecule has 0 saturated heterocycles. The molecule has 2 aliphatic rings. The van der Waals surface area contributed by atoms with Crippen molar-refractivity contribution in [2.24, 2.45) is 4.99 Å². The Labute approximate surface area is 188 Å². The Morgan fingerprint density at radius 3 is 2.72 bits per heavy atom. The third kappa shape index (κ3) is 3.24. The first-order chi connectivity index (χ1) is 15.6. The van der Waals surface area contributed by atoms with Gasteiger partial charge >= 0.3 is 0 Å². The Kier molecular flexibility index (Phi) is 4.30. The van der Waals surface area contributed by atoms with Crippen LogP contribution in [-0.4, -0.2) is 10.3 Å². The average Bonchev–Trinajstić information content (AvgIpc) is 3.08. The zero-order valence-corrected chi connectivity index (χ0v) is 18.2. The number of fused-ring (bicyclic) bond motifs is 6. The quantitative estimate of drug-likeness (QED) is 0.479. The normalized spacial score (nSPS) is 21.2. The highest BCUT2D eigenvalue weighted by atomic mass is 32.1. The fourth-order valence-electron chi connectivity index (χ4n) is 4.38. The first kappa shape index (κ1) is 19.1. The fraction of sp³-hybridized carbons (Fsp3) is 0.154. The maximum atomic E-state index is 13.4. The topological polar surface area (TPSA) is 52.8 Å². The van der Waals surface area contributed by atoms with Gasteiger partial charge in [-0.1, -0.05) is 59.9 Å². The third-order valence-electron chi connectivity index (χ3n) is 5.80. The van der Waals surface area contributed by atoms with Crippen molar-refractivity contribution in [3.8, 4) is 17.2 Å². The number of hydrogen-bond acceptors (Lipinski definition) is 5. The summed E-state index contributed by atoms with van der Waals surface area (Å²) in [5.74, 6) is 2.30. The van der Waals surface area contributed by atoms with Gasteiger partial charge in [0.25, 0.3) is 5.56 Å². The van der Waals surface area contributed by atoms with Crippen LogP contribution in [0.1, 0.15) is 30.5 Å². The summed E-state index contributed by atoms with van der Waals surface area (Å²) in [7, 11) is 0. The predicted octanol–water partition coefficient (Wildman–Crippen LogP) is 4.25. The molecule has 32 heavy (non-hydrogen) atoms. The van der Waals surface area contributed by atoms with E-state index in [-0.39, 0.29) is 11.6 Å². The SMILES string of the molecule is CC12CC(c3ccccc3O1)n1c(s/c(=C\c3cccc(Oc4ccccc4)c3)c1=O)=N2. The van der Waals surface area contributed by atoms with Gasteiger partial charge in [-0.3, -0.25) is 9.36 Å². The van der Waals surface area contributed by atoms with E-state index in [1.807, 2.05) is 96.4 Å². The number of hydrogen-bond donors (Lipinski definition) is 0. The van der Waals surface area contributed by atoms with E-state index in [4.69, 9.17) is 14.5 Å². The van der Waals surface area contributed by atoms with Crippen LogP contribution in [0.4, 0.5) is 0 Å². The van der Waals surface area contributed by atoms with Crippen LogP contribution in [0.15, 0.2) is 88.6 Å². The Morgan fingerprint density at radius 2 is 1.84 bits per heavy atom. The molecule has 2 unspecified atom stereocenters. The highest BCUT2D eigenvalue weighted by Gasteiger charge is 2.42. The first-order valence-corrected chi connectivity index (χ1v) is 11.3. The summed E-state index contributed by atoms with van der Waals surface area (Å²) < 4.78 is 14.6. The van der Waals surface area contributed by atoms with E-state index in [2.05, 4.69) is 0 Å². The number of para-hydroxylation sites is 2. The standard InChI is InChI=1S/C26H20N2O3S/c1-26-16-21(20-12-5-6-13-22(20)31-26)28-24(29)23(32-25(28)27-26)15-17-8-7-11-19(14-17)30-18-9-3-2-4-10-18/h2-15,21H,16H2,1H3/b23-15-. The molecule has 0 N–H and O–H groups in total. The highest BCUT2D eigenvalue weighted by Crippen LogP contribution is 2.42. The summed E-state index contributed by atoms with van der Waals surface area (Å²) in [6.07, 6.45) is 2.55. The largest absolute Gasteiger partial charge is 0.466 e. The Bertz CT molecular complexity index is 1510. The summed E-state index contributed by atoms with van der Waals surface area (Å²) in [4.78, 5) is 18.9. The fourth-order valence-corrected chi connectivity index (χ4v) is 5.51. The number of rotatable bonds is 3. The molecule has 0 saturated carbocycles. The highest BCUT2D eigenvalue weighted by molar-refractivity contribution is 7.07. The number of ether oxygens (including phenoxy) is 2. The van der Waals surface area contributed by atoms with E-state index in [9.17, 15) is 4.79 Å². The second-order valence-electron chi connectivity index (χ2n) is 8.20. The minimum absolute atomic E-state index is 0.0214. The lowest BCUT2D eigenvalue weighted by molar-refractivity contribution is 0.0410. The average molecular weight is 441 g/mol. The van der Waals surface area contributed by atoms with Gasteiger partial charge in [0.15, 0.2) is 4.80 Å². The van der Waals surface area contributed by atoms with Crippen molar-refractivity contribution in [2.75, 3.05) is 0 Å². The molecule has 0 aliphatic carbocycles. The van der Waals surface area contributed by atoms with Crippen molar-refractivity contribution < 1.29 is 9.47 Å². The van der Waals surface area contributed by atoms with Crippen molar-refractivity contribution in [3.63, 3.8) is 0 Å². The van der Waals surface area contributed by atoms with Crippen LogP contribution in [0.3, 0.4) is 0 Å². The third-order valence-corrected chi connectivity index (χ3v) is 6.78. The molecule has 3 aromatic carbocycles. The summed E-state index contributed by atoms with van der Waals surface area (Å²) in [6.45, 7) is 1.98. The molecule has 6 heteroatoms. The van der Waals surface area contributed by atoms with Gasteiger partial charge in [0.2, 0.25) is 5.72 Å². The number of benzene rings is 3. The molecule has 4 aromatic rings. The minimum Gasteiger partial charge on any atom is -0.466 e. The second-order valence-corrected chi connectivity index (χ2v) is 9.21. The van der Waals surface area contributed by atoms with Gasteiger partial charge in [0, 0.05) is 12.0 Å². The molecule has 5 nitrogen and oxygen atoms in total. The van der Waals surface area contributed by atoms with Crippen molar-refractivity contribution in [2.45, 2.75) is 25.1 Å². The van der Waals surface area contributed by atoms with Crippen LogP contribution in [0.25, 0.3) is 6.08 Å². The zero-order chi connectivity index (χ0) is 21.7. The van der Waals surface area contributed by atoms with Gasteiger partial charge in [0.05, 0.1) is 10.6 Å². The van der Waals surface area contributed by atoms with Gasteiger partial charge < -0.3 is 9.47 Å². The molecule has 1 aromatic heterocycles. The molecule has 2 aliphatic heterocycles. The molecule has 158 valence electrons. The van der Waals surface area contributed by atoms with Crippen LogP contribution >= 0.6 is 11.3 Å². The molecular formula is C26H20N2O3S. The van der Waals surface area contributed by atoms with Gasteiger partial charge in [-0.15, -0.1) is 0 Å². The molecule has 0 fully saturated rings. The van der Waals surface area contributed by atoms with E-state index in [0.717, 1.165) is 28.4 Å². The number of aromatic nitrogens is 1. The number of nitrogens with zero attached hydrogens (tertiary/aromatic N) is 2. The maximum Gasteiger partial charge on any atom is 0.270 e. The zero-order valence-electron chi connectivity index (χ0n) is 17.4. The van der Waals surface area contributed by atoms with E-state index >= 15 is 0 Å². The van der Waals surface area contributed by atoms with E-state index in [1.165, 1.54) is 11.3 Å². The summed E-state index contributed by atoms with van der Waals surface area (Å²) in [5, 5.41) is 0. The molecule has 2 atom stereocenters. The monoisotopic (exact) mass is 440 g/mol. The first-order valence-electron chi connectivity index (χ1n) is 10.5. The Hall–Kier alpha value is -3.64. The van der Waals surface area contributed by atoms with Gasteiger partial charge in [0.1, 0.15) is 17.2 Å². The molecule has 2 bridgehead atoms. The van der Waals surface area contributed by atoms with E-state index in [1.54, 1.807) is 0 Å². The number of thiazole rings is 1. The van der Waals surface area contributed by atoms with Crippen LogP contribution in [0.5, 0.6) is 17.2 Å². The molecule has 0 amide bonds. The van der Waals surface area contributed by atoms with Crippen molar-refractivity contribution in [3.05, 3.63) is 110 Å². The predicted molar refractivity (Wildman–Crippen MR) is 124 cm³/mol. The maximum absolute atomic E-state index is 13.4. The second kappa shape index (κ2) is 7.21. The van der Waals surface area contributed by atoms with Crippen LogP contribution in [0, 0.1) is 0 Å². The molecular weight excluding hydrogens is 420 g/mol. The van der Waals surface area contributed by atoms with Crippen molar-refractivity contribution in [1.82, 2.24) is 4.57 Å². The lowest BCUT2D eigenvalue weighted by Gasteiger charge is -2.39. The van der Waals surface area contributed by atoms with Crippen molar-refractivity contribution >= 4 is 17.4 Å². The lowest BCUT2D eigenvalue weighted by atomic mass is 9.93. The van der Waals surface area contributed by atoms with Crippen LogP contribution in [-0.2, 0) is 0 Å². The summed E-state index contributed by atoms with van der Waals surface area (Å²) in [5.41, 5.74) is 1.26. The Balaban J connectivity index is 1.44. The van der Waals surface area contributed by atoms with Gasteiger partial charge in [-0.05, 0) is 48.9 Å². The summed E-state index contributed by atoms with van der Waals surface area (Å²) >= 11 is 1.40. The van der Waals surface area contributed by atoms with Gasteiger partial charge in [-0.25, -0.2) is 4.99 Å². The molecule has 6 rings (SSSR count). The van der Waals surface area contributed by atoms with Crippen molar-refractivity contribution in [1.29, 1.82) is 0 Å². The molecule has 3 heterocycles. The Morgan fingerprint density at radius 1 is 1.06 bits per heavy atom. The van der Waals surface area contributed by atoms with E-state index in [0.29, 0.717) is 15.8 Å². The minimum atomic E-state index is -0.656. The summed E-state index contributed by atoms with van der Waals surface area (Å²) in [6, 6.07) is 25.2. The van der Waals surface area contributed by atoms with Crippen LogP contribution < -0.4 is 24.4 Å². The lowest BCUT2D eigenvalue weighted by Crippen LogP contribution is -2.49. The van der Waals surface area contributed by atoms with Crippen LogP contribution in [0.2, 0.25) is 0 Å². The smallest absolute Gasteiger partial charge is 0.270 e. The molecule has 0 spiro atoms.